The minimum absolute atomic E-state index is 0.482. The van der Waals surface area contributed by atoms with Crippen LogP contribution in [0.15, 0.2) is 42.9 Å². The van der Waals surface area contributed by atoms with Crippen molar-refractivity contribution in [2.75, 3.05) is 29.9 Å². The molecule has 4 heterocycles. The van der Waals surface area contributed by atoms with Gasteiger partial charge in [0.25, 0.3) is 0 Å². The van der Waals surface area contributed by atoms with Gasteiger partial charge < -0.3 is 10.2 Å². The number of hydrogen-bond acceptors (Lipinski definition) is 6. The van der Waals surface area contributed by atoms with Crippen LogP contribution in [0.5, 0.6) is 0 Å². The summed E-state index contributed by atoms with van der Waals surface area (Å²) in [5, 5.41) is 4.82. The lowest BCUT2D eigenvalue weighted by Gasteiger charge is -2.19. The Balaban J connectivity index is 1.49. The molecule has 0 saturated carbocycles. The molecule has 0 bridgehead atoms. The molecule has 0 aromatic carbocycles. The molecule has 0 spiro atoms. The van der Waals surface area contributed by atoms with E-state index >= 15 is 0 Å². The van der Waals surface area contributed by atoms with E-state index in [9.17, 15) is 0 Å². The van der Waals surface area contributed by atoms with Gasteiger partial charge in [-0.2, -0.15) is 0 Å². The van der Waals surface area contributed by atoms with Crippen molar-refractivity contribution in [2.24, 2.45) is 5.92 Å². The van der Waals surface area contributed by atoms with Gasteiger partial charge in [0, 0.05) is 49.7 Å². The molecule has 1 saturated heterocycles. The lowest BCUT2D eigenvalue weighted by Crippen LogP contribution is -2.24. The molecule has 1 fully saturated rings. The largest absolute Gasteiger partial charge is 0.356 e. The fourth-order valence-corrected chi connectivity index (χ4v) is 3.27. The van der Waals surface area contributed by atoms with Crippen molar-refractivity contribution in [2.45, 2.75) is 6.42 Å². The predicted octanol–water partition coefficient (Wildman–Crippen LogP) is 3.01. The van der Waals surface area contributed by atoms with Crippen LogP contribution in [0.4, 0.5) is 11.8 Å². The van der Waals surface area contributed by atoms with Gasteiger partial charge in [-0.15, -0.1) is 0 Å². The van der Waals surface area contributed by atoms with Crippen LogP contribution in [0.1, 0.15) is 6.42 Å². The van der Waals surface area contributed by atoms with Crippen LogP contribution >= 0.6 is 11.6 Å². The number of halogens is 1. The van der Waals surface area contributed by atoms with E-state index in [1.54, 1.807) is 18.6 Å². The van der Waals surface area contributed by atoms with Crippen molar-refractivity contribution in [1.82, 2.24) is 19.9 Å². The third-order valence-corrected chi connectivity index (χ3v) is 4.44. The Morgan fingerprint density at radius 1 is 1.17 bits per heavy atom. The summed E-state index contributed by atoms with van der Waals surface area (Å²) in [5.41, 5.74) is 0.881. The molecule has 0 radical (unpaired) electrons. The molecule has 1 N–H and O–H groups in total. The molecular weight excluding hydrogens is 324 g/mol. The van der Waals surface area contributed by atoms with Crippen molar-refractivity contribution in [3.05, 3.63) is 48.0 Å². The SMILES string of the molecule is Clc1cc2ncccc2c(N2CCC(CNc3ncccn3)C2)n1. The highest BCUT2D eigenvalue weighted by Gasteiger charge is 2.25. The number of hydrogen-bond donors (Lipinski definition) is 1. The van der Waals surface area contributed by atoms with E-state index in [0.717, 1.165) is 42.8 Å². The summed E-state index contributed by atoms with van der Waals surface area (Å²) >= 11 is 6.17. The smallest absolute Gasteiger partial charge is 0.222 e. The molecule has 0 aliphatic carbocycles. The van der Waals surface area contributed by atoms with E-state index < -0.39 is 0 Å². The van der Waals surface area contributed by atoms with Gasteiger partial charge in [-0.05, 0) is 30.5 Å². The quantitative estimate of drug-likeness (QED) is 0.736. The van der Waals surface area contributed by atoms with E-state index in [2.05, 4.69) is 30.2 Å². The van der Waals surface area contributed by atoms with E-state index in [1.165, 1.54) is 0 Å². The first-order valence-electron chi connectivity index (χ1n) is 7.97. The Labute approximate surface area is 144 Å². The number of rotatable bonds is 4. The van der Waals surface area contributed by atoms with Gasteiger partial charge >= 0.3 is 0 Å². The summed E-state index contributed by atoms with van der Waals surface area (Å²) in [7, 11) is 0. The average molecular weight is 341 g/mol. The summed E-state index contributed by atoms with van der Waals surface area (Å²) in [6.45, 7) is 2.73. The van der Waals surface area contributed by atoms with Crippen LogP contribution in [0.2, 0.25) is 5.15 Å². The highest BCUT2D eigenvalue weighted by molar-refractivity contribution is 6.30. The highest BCUT2D eigenvalue weighted by Crippen LogP contribution is 2.30. The second-order valence-electron chi connectivity index (χ2n) is 5.89. The maximum atomic E-state index is 6.17. The molecule has 1 unspecified atom stereocenters. The first kappa shape index (κ1) is 15.1. The van der Waals surface area contributed by atoms with Crippen molar-refractivity contribution in [1.29, 1.82) is 0 Å². The fourth-order valence-electron chi connectivity index (χ4n) is 3.09. The van der Waals surface area contributed by atoms with Crippen LogP contribution < -0.4 is 10.2 Å². The summed E-state index contributed by atoms with van der Waals surface area (Å²) < 4.78 is 0. The van der Waals surface area contributed by atoms with E-state index in [1.807, 2.05) is 24.3 Å². The summed E-state index contributed by atoms with van der Waals surface area (Å²) in [5.74, 6) is 2.11. The first-order chi connectivity index (χ1) is 11.8. The van der Waals surface area contributed by atoms with E-state index in [0.29, 0.717) is 17.0 Å². The molecule has 3 aromatic rings. The maximum Gasteiger partial charge on any atom is 0.222 e. The number of nitrogens with one attached hydrogen (secondary N) is 1. The lowest BCUT2D eigenvalue weighted by atomic mass is 10.1. The van der Waals surface area contributed by atoms with Gasteiger partial charge in [0.1, 0.15) is 11.0 Å². The minimum atomic E-state index is 0.482. The zero-order valence-electron chi connectivity index (χ0n) is 13.1. The zero-order valence-corrected chi connectivity index (χ0v) is 13.8. The van der Waals surface area contributed by atoms with Crippen molar-refractivity contribution in [3.8, 4) is 0 Å². The topological polar surface area (TPSA) is 66.8 Å². The van der Waals surface area contributed by atoms with Crippen LogP contribution in [0.3, 0.4) is 0 Å². The highest BCUT2D eigenvalue weighted by atomic mass is 35.5. The molecular formula is C17H17ClN6. The fraction of sp³-hybridized carbons (Fsp3) is 0.294. The first-order valence-corrected chi connectivity index (χ1v) is 8.34. The second kappa shape index (κ2) is 6.57. The Bertz CT molecular complexity index is 841. The minimum Gasteiger partial charge on any atom is -0.356 e. The second-order valence-corrected chi connectivity index (χ2v) is 6.28. The Hall–Kier alpha value is -2.47. The maximum absolute atomic E-state index is 6.17. The number of nitrogens with zero attached hydrogens (tertiary/aromatic N) is 5. The van der Waals surface area contributed by atoms with Gasteiger partial charge in [0.15, 0.2) is 0 Å². The molecule has 1 aliphatic heterocycles. The van der Waals surface area contributed by atoms with Crippen LogP contribution in [0.25, 0.3) is 10.9 Å². The van der Waals surface area contributed by atoms with Crippen LogP contribution in [-0.2, 0) is 0 Å². The van der Waals surface area contributed by atoms with E-state index in [4.69, 9.17) is 11.6 Å². The van der Waals surface area contributed by atoms with Crippen LogP contribution in [0, 0.1) is 5.92 Å². The molecule has 122 valence electrons. The summed E-state index contributed by atoms with van der Waals surface area (Å²) in [6, 6.07) is 7.60. The third kappa shape index (κ3) is 3.10. The number of aromatic nitrogens is 4. The van der Waals surface area contributed by atoms with Crippen molar-refractivity contribution >= 4 is 34.3 Å². The normalized spacial score (nSPS) is 17.4. The van der Waals surface area contributed by atoms with Crippen LogP contribution in [-0.4, -0.2) is 39.6 Å². The molecule has 4 rings (SSSR count). The standard InChI is InChI=1S/C17H17ClN6/c18-15-9-14-13(3-1-5-19-14)16(23-15)24-8-4-12(11-24)10-22-17-20-6-2-7-21-17/h1-3,5-7,9,12H,4,8,10-11H2,(H,20,21,22). The Morgan fingerprint density at radius 3 is 2.88 bits per heavy atom. The number of anilines is 2. The summed E-state index contributed by atoms with van der Waals surface area (Å²) in [4.78, 5) is 19.6. The zero-order chi connectivity index (χ0) is 16.4. The van der Waals surface area contributed by atoms with Gasteiger partial charge in [0.2, 0.25) is 5.95 Å². The van der Waals surface area contributed by atoms with E-state index in [-0.39, 0.29) is 0 Å². The third-order valence-electron chi connectivity index (χ3n) is 4.25. The lowest BCUT2D eigenvalue weighted by molar-refractivity contribution is 0.619. The van der Waals surface area contributed by atoms with Crippen molar-refractivity contribution in [3.63, 3.8) is 0 Å². The molecule has 1 atom stereocenters. The summed E-state index contributed by atoms with van der Waals surface area (Å²) in [6.07, 6.45) is 6.35. The van der Waals surface area contributed by atoms with Gasteiger partial charge in [-0.25, -0.2) is 15.0 Å². The van der Waals surface area contributed by atoms with Gasteiger partial charge in [-0.1, -0.05) is 11.6 Å². The Kier molecular flexibility index (Phi) is 4.13. The molecule has 0 amide bonds. The number of fused-ring (bicyclic) bond motifs is 1. The van der Waals surface area contributed by atoms with Gasteiger partial charge in [-0.3, -0.25) is 4.98 Å². The monoisotopic (exact) mass is 340 g/mol. The van der Waals surface area contributed by atoms with Crippen molar-refractivity contribution < 1.29 is 0 Å². The van der Waals surface area contributed by atoms with Gasteiger partial charge in [0.05, 0.1) is 5.52 Å². The molecule has 1 aliphatic rings. The average Bonchev–Trinajstić information content (AvgIpc) is 3.09. The Morgan fingerprint density at radius 2 is 2.00 bits per heavy atom. The predicted molar refractivity (Wildman–Crippen MR) is 95.4 cm³/mol. The molecule has 6 nitrogen and oxygen atoms in total. The molecule has 7 heteroatoms. The molecule has 24 heavy (non-hydrogen) atoms. The molecule has 3 aromatic heterocycles. The number of pyridine rings is 2.